The number of benzene rings is 2. The van der Waals surface area contributed by atoms with E-state index >= 15 is 0 Å². The third-order valence-electron chi connectivity index (χ3n) is 3.56. The summed E-state index contributed by atoms with van der Waals surface area (Å²) in [6.45, 7) is 0. The first-order valence-corrected chi connectivity index (χ1v) is 7.23. The predicted molar refractivity (Wildman–Crippen MR) is 88.8 cm³/mol. The van der Waals surface area contributed by atoms with Gasteiger partial charge in [-0.3, -0.25) is 19.7 Å². The Labute approximate surface area is 137 Å². The van der Waals surface area contributed by atoms with Gasteiger partial charge in [0.05, 0.1) is 22.7 Å². The molecule has 8 heteroatoms. The number of hydrogen-bond donors (Lipinski definition) is 3. The van der Waals surface area contributed by atoms with E-state index in [1.165, 1.54) is 18.2 Å². The van der Waals surface area contributed by atoms with Gasteiger partial charge in [0.1, 0.15) is 6.04 Å². The fourth-order valence-corrected chi connectivity index (χ4v) is 2.43. The molecule has 1 unspecified atom stereocenters. The van der Waals surface area contributed by atoms with Gasteiger partial charge in [-0.05, 0) is 18.2 Å². The molecule has 0 bridgehead atoms. The van der Waals surface area contributed by atoms with E-state index in [1.54, 1.807) is 24.3 Å². The molecule has 0 saturated carbocycles. The number of fused-ring (bicyclic) bond motifs is 1. The average Bonchev–Trinajstić information content (AvgIpc) is 2.55. The summed E-state index contributed by atoms with van der Waals surface area (Å²) in [7, 11) is 0. The molecule has 2 amide bonds. The molecule has 2 aromatic rings. The van der Waals surface area contributed by atoms with Crippen molar-refractivity contribution in [2.75, 3.05) is 16.0 Å². The molecule has 8 nitrogen and oxygen atoms in total. The molecule has 1 aliphatic rings. The van der Waals surface area contributed by atoms with Crippen molar-refractivity contribution in [1.82, 2.24) is 0 Å². The number of rotatable bonds is 4. The molecular weight excluding hydrogens is 312 g/mol. The zero-order valence-electron chi connectivity index (χ0n) is 12.5. The minimum absolute atomic E-state index is 0.0944. The van der Waals surface area contributed by atoms with E-state index in [0.29, 0.717) is 11.4 Å². The fraction of sp³-hybridized carbons (Fsp3) is 0.125. The quantitative estimate of drug-likeness (QED) is 0.589. The molecule has 3 N–H and O–H groups in total. The van der Waals surface area contributed by atoms with Crippen LogP contribution in [0.25, 0.3) is 0 Å². The van der Waals surface area contributed by atoms with Crippen LogP contribution in [-0.4, -0.2) is 22.8 Å². The Kier molecular flexibility index (Phi) is 4.11. The number of nitro groups is 1. The first-order chi connectivity index (χ1) is 11.5. The molecule has 1 heterocycles. The van der Waals surface area contributed by atoms with Crippen LogP contribution >= 0.6 is 0 Å². The molecule has 0 aliphatic carbocycles. The van der Waals surface area contributed by atoms with Gasteiger partial charge in [-0.1, -0.05) is 18.2 Å². The van der Waals surface area contributed by atoms with Gasteiger partial charge in [0.25, 0.3) is 5.69 Å². The molecule has 122 valence electrons. The van der Waals surface area contributed by atoms with Crippen molar-refractivity contribution in [3.63, 3.8) is 0 Å². The number of carbonyl (C=O) groups excluding carboxylic acids is 2. The molecule has 0 saturated heterocycles. The van der Waals surface area contributed by atoms with Crippen LogP contribution in [0.4, 0.5) is 22.7 Å². The van der Waals surface area contributed by atoms with Crippen LogP contribution in [0, 0.1) is 10.1 Å². The summed E-state index contributed by atoms with van der Waals surface area (Å²) < 4.78 is 0. The number of nitrogens with zero attached hydrogens (tertiary/aromatic N) is 1. The van der Waals surface area contributed by atoms with Gasteiger partial charge < -0.3 is 16.0 Å². The maximum absolute atomic E-state index is 12.1. The standard InChI is InChI=1S/C16H14N4O4/c21-15(17-10-4-3-5-11(8-10)20(23)24)9-14-16(22)19-13-7-2-1-6-12(13)18-14/h1-8,14,18H,9H2,(H,17,21)(H,19,22). The molecule has 24 heavy (non-hydrogen) atoms. The Morgan fingerprint density at radius 3 is 2.67 bits per heavy atom. The van der Waals surface area contributed by atoms with Crippen LogP contribution in [-0.2, 0) is 9.59 Å². The minimum atomic E-state index is -0.710. The van der Waals surface area contributed by atoms with Gasteiger partial charge in [-0.25, -0.2) is 0 Å². The average molecular weight is 326 g/mol. The summed E-state index contributed by atoms with van der Waals surface area (Å²) in [6.07, 6.45) is -0.0944. The highest BCUT2D eigenvalue weighted by Crippen LogP contribution is 2.27. The van der Waals surface area contributed by atoms with Crippen LogP contribution in [0.2, 0.25) is 0 Å². The maximum Gasteiger partial charge on any atom is 0.271 e. The summed E-state index contributed by atoms with van der Waals surface area (Å²) in [4.78, 5) is 34.4. The fourth-order valence-electron chi connectivity index (χ4n) is 2.43. The van der Waals surface area contributed by atoms with Crippen molar-refractivity contribution in [3.05, 3.63) is 58.6 Å². The summed E-state index contributed by atoms with van der Waals surface area (Å²) in [6, 6.07) is 12.1. The maximum atomic E-state index is 12.1. The number of amides is 2. The SMILES string of the molecule is O=C(CC1Nc2ccccc2NC1=O)Nc1cccc([N+](=O)[O-])c1. The summed E-state index contributed by atoms with van der Waals surface area (Å²) >= 11 is 0. The highest BCUT2D eigenvalue weighted by Gasteiger charge is 2.27. The van der Waals surface area contributed by atoms with E-state index in [4.69, 9.17) is 0 Å². The molecule has 0 aromatic heterocycles. The van der Waals surface area contributed by atoms with Crippen molar-refractivity contribution in [2.45, 2.75) is 12.5 Å². The number of anilines is 3. The third-order valence-corrected chi connectivity index (χ3v) is 3.56. The number of non-ortho nitro benzene ring substituents is 1. The van der Waals surface area contributed by atoms with Gasteiger partial charge in [-0.15, -0.1) is 0 Å². The van der Waals surface area contributed by atoms with Gasteiger partial charge in [0.2, 0.25) is 11.8 Å². The van der Waals surface area contributed by atoms with E-state index in [2.05, 4.69) is 16.0 Å². The molecule has 0 radical (unpaired) electrons. The van der Waals surface area contributed by atoms with Crippen LogP contribution in [0.3, 0.4) is 0 Å². The zero-order chi connectivity index (χ0) is 17.1. The zero-order valence-corrected chi connectivity index (χ0v) is 12.5. The largest absolute Gasteiger partial charge is 0.372 e. The summed E-state index contributed by atoms with van der Waals surface area (Å²) in [5.41, 5.74) is 1.60. The van der Waals surface area contributed by atoms with Crippen molar-refractivity contribution in [3.8, 4) is 0 Å². The monoisotopic (exact) mass is 326 g/mol. The van der Waals surface area contributed by atoms with E-state index in [0.717, 1.165) is 5.69 Å². The Bertz CT molecular complexity index is 821. The van der Waals surface area contributed by atoms with E-state index < -0.39 is 16.9 Å². The highest BCUT2D eigenvalue weighted by molar-refractivity contribution is 6.06. The molecular formula is C16H14N4O4. The second kappa shape index (κ2) is 6.37. The second-order valence-electron chi connectivity index (χ2n) is 5.29. The van der Waals surface area contributed by atoms with Gasteiger partial charge in [0, 0.05) is 17.8 Å². The first-order valence-electron chi connectivity index (χ1n) is 7.23. The molecule has 1 aliphatic heterocycles. The van der Waals surface area contributed by atoms with Gasteiger partial charge in [0.15, 0.2) is 0 Å². The lowest BCUT2D eigenvalue weighted by Gasteiger charge is -2.26. The Morgan fingerprint density at radius 2 is 1.92 bits per heavy atom. The molecule has 3 rings (SSSR count). The second-order valence-corrected chi connectivity index (χ2v) is 5.29. The van der Waals surface area contributed by atoms with Crippen molar-refractivity contribution in [2.24, 2.45) is 0 Å². The van der Waals surface area contributed by atoms with E-state index in [9.17, 15) is 19.7 Å². The van der Waals surface area contributed by atoms with Crippen molar-refractivity contribution >= 4 is 34.6 Å². The Hall–Kier alpha value is -3.42. The first kappa shape index (κ1) is 15.5. The van der Waals surface area contributed by atoms with E-state index in [-0.39, 0.29) is 18.0 Å². The van der Waals surface area contributed by atoms with E-state index in [1.807, 2.05) is 6.07 Å². The molecule has 0 spiro atoms. The number of nitro benzene ring substituents is 1. The van der Waals surface area contributed by atoms with Crippen LogP contribution in [0.1, 0.15) is 6.42 Å². The van der Waals surface area contributed by atoms with Crippen molar-refractivity contribution in [1.29, 1.82) is 0 Å². The smallest absolute Gasteiger partial charge is 0.271 e. The third kappa shape index (κ3) is 3.32. The topological polar surface area (TPSA) is 113 Å². The summed E-state index contributed by atoms with van der Waals surface area (Å²) in [5, 5.41) is 19.1. The minimum Gasteiger partial charge on any atom is -0.372 e. The summed E-state index contributed by atoms with van der Waals surface area (Å²) in [5.74, 6) is -0.717. The lowest BCUT2D eigenvalue weighted by Crippen LogP contribution is -2.41. The molecule has 1 atom stereocenters. The number of nitrogens with one attached hydrogen (secondary N) is 3. The Balaban J connectivity index is 1.66. The van der Waals surface area contributed by atoms with Crippen molar-refractivity contribution < 1.29 is 14.5 Å². The lowest BCUT2D eigenvalue weighted by molar-refractivity contribution is -0.384. The van der Waals surface area contributed by atoms with Crippen LogP contribution in [0.15, 0.2) is 48.5 Å². The number of hydrogen-bond acceptors (Lipinski definition) is 5. The predicted octanol–water partition coefficient (Wildman–Crippen LogP) is 2.36. The van der Waals surface area contributed by atoms with Gasteiger partial charge in [-0.2, -0.15) is 0 Å². The lowest BCUT2D eigenvalue weighted by atomic mass is 10.1. The van der Waals surface area contributed by atoms with Crippen LogP contribution in [0.5, 0.6) is 0 Å². The number of para-hydroxylation sites is 2. The molecule has 0 fully saturated rings. The highest BCUT2D eigenvalue weighted by atomic mass is 16.6. The van der Waals surface area contributed by atoms with Crippen LogP contribution < -0.4 is 16.0 Å². The van der Waals surface area contributed by atoms with Gasteiger partial charge >= 0.3 is 0 Å². The molecule has 2 aromatic carbocycles. The normalized spacial score (nSPS) is 15.7. The number of carbonyl (C=O) groups is 2. The Morgan fingerprint density at radius 1 is 1.17 bits per heavy atom.